The summed E-state index contributed by atoms with van der Waals surface area (Å²) in [6, 6.07) is 3.32. The lowest BCUT2D eigenvalue weighted by atomic mass is 10.2. The fourth-order valence-corrected chi connectivity index (χ4v) is 1.58. The van der Waals surface area contributed by atoms with E-state index in [-0.39, 0.29) is 5.91 Å². The number of carbonyl (C=O) groups excluding carboxylic acids is 1. The van der Waals surface area contributed by atoms with Crippen molar-refractivity contribution in [2.45, 2.75) is 13.5 Å². The quantitative estimate of drug-likeness (QED) is 0.906. The largest absolute Gasteiger partial charge is 0.364 e. The van der Waals surface area contributed by atoms with E-state index >= 15 is 0 Å². The number of nitrogens with one attached hydrogen (secondary N) is 1. The van der Waals surface area contributed by atoms with E-state index < -0.39 is 0 Å². The molecule has 0 radical (unpaired) electrons. The van der Waals surface area contributed by atoms with Gasteiger partial charge < -0.3 is 9.84 Å². The smallest absolute Gasteiger partial charge is 0.254 e. The third-order valence-electron chi connectivity index (χ3n) is 2.16. The molecule has 88 valence electrons. The first-order chi connectivity index (χ1) is 8.16. The van der Waals surface area contributed by atoms with Crippen LogP contribution in [0, 0.1) is 6.92 Å². The Hall–Kier alpha value is -1.88. The Morgan fingerprint density at radius 2 is 2.41 bits per heavy atom. The summed E-state index contributed by atoms with van der Waals surface area (Å²) < 4.78 is 4.65. The van der Waals surface area contributed by atoms with Crippen molar-refractivity contribution in [3.8, 4) is 0 Å². The highest BCUT2D eigenvalue weighted by atomic mass is 35.5. The standard InChI is InChI=1S/C11H10ClN3O2/c1-7-4-10(12)9(6-13-7)11(16)14-5-8-2-3-17-15-8/h2-4,6H,5H2,1H3,(H,14,16). The highest BCUT2D eigenvalue weighted by Crippen LogP contribution is 2.15. The summed E-state index contributed by atoms with van der Waals surface area (Å²) in [7, 11) is 0. The van der Waals surface area contributed by atoms with Gasteiger partial charge >= 0.3 is 0 Å². The van der Waals surface area contributed by atoms with Gasteiger partial charge in [0, 0.05) is 18.0 Å². The average molecular weight is 252 g/mol. The van der Waals surface area contributed by atoms with Gasteiger partial charge in [-0.05, 0) is 13.0 Å². The number of aromatic nitrogens is 2. The summed E-state index contributed by atoms with van der Waals surface area (Å²) >= 11 is 5.95. The Morgan fingerprint density at radius 1 is 1.59 bits per heavy atom. The second kappa shape index (κ2) is 4.97. The molecule has 0 bridgehead atoms. The van der Waals surface area contributed by atoms with Crippen LogP contribution in [-0.4, -0.2) is 16.0 Å². The van der Waals surface area contributed by atoms with Crippen molar-refractivity contribution in [1.82, 2.24) is 15.5 Å². The van der Waals surface area contributed by atoms with Crippen LogP contribution in [0.1, 0.15) is 21.7 Å². The maximum atomic E-state index is 11.8. The predicted octanol–water partition coefficient (Wildman–Crippen LogP) is 1.96. The minimum atomic E-state index is -0.287. The molecule has 0 aliphatic carbocycles. The lowest BCUT2D eigenvalue weighted by Crippen LogP contribution is -2.23. The molecule has 2 aromatic heterocycles. The van der Waals surface area contributed by atoms with Gasteiger partial charge in [-0.1, -0.05) is 16.8 Å². The number of amides is 1. The molecule has 0 spiro atoms. The van der Waals surface area contributed by atoms with Crippen LogP contribution in [0.4, 0.5) is 0 Å². The average Bonchev–Trinajstić information content (AvgIpc) is 2.78. The van der Waals surface area contributed by atoms with Crippen LogP contribution in [0.3, 0.4) is 0 Å². The van der Waals surface area contributed by atoms with Crippen LogP contribution in [0.15, 0.2) is 29.1 Å². The molecule has 0 aliphatic heterocycles. The third kappa shape index (κ3) is 2.82. The molecule has 5 nitrogen and oxygen atoms in total. The number of nitrogens with zero attached hydrogens (tertiary/aromatic N) is 2. The molecule has 1 amide bonds. The summed E-state index contributed by atoms with van der Waals surface area (Å²) in [5.41, 5.74) is 1.76. The number of aryl methyl sites for hydroxylation is 1. The monoisotopic (exact) mass is 251 g/mol. The second-order valence-corrected chi connectivity index (χ2v) is 3.89. The molecule has 2 aromatic rings. The van der Waals surface area contributed by atoms with Gasteiger partial charge in [0.25, 0.3) is 5.91 Å². The van der Waals surface area contributed by atoms with Gasteiger partial charge in [-0.2, -0.15) is 0 Å². The van der Waals surface area contributed by atoms with Crippen LogP contribution >= 0.6 is 11.6 Å². The molecule has 0 unspecified atom stereocenters. The van der Waals surface area contributed by atoms with E-state index in [0.29, 0.717) is 22.8 Å². The number of carbonyl (C=O) groups is 1. The maximum absolute atomic E-state index is 11.8. The molecule has 0 atom stereocenters. The predicted molar refractivity (Wildman–Crippen MR) is 61.7 cm³/mol. The minimum Gasteiger partial charge on any atom is -0.364 e. The normalized spacial score (nSPS) is 10.2. The van der Waals surface area contributed by atoms with Crippen molar-refractivity contribution in [2.24, 2.45) is 0 Å². The molecule has 2 rings (SSSR count). The fraction of sp³-hybridized carbons (Fsp3) is 0.182. The summed E-state index contributed by atoms with van der Waals surface area (Å²) in [6.45, 7) is 2.10. The summed E-state index contributed by atoms with van der Waals surface area (Å²) in [6.07, 6.45) is 2.90. The van der Waals surface area contributed by atoms with Crippen LogP contribution in [0.5, 0.6) is 0 Å². The zero-order chi connectivity index (χ0) is 12.3. The first kappa shape index (κ1) is 11.6. The van der Waals surface area contributed by atoms with E-state index in [9.17, 15) is 4.79 Å². The van der Waals surface area contributed by atoms with Crippen molar-refractivity contribution in [3.05, 3.63) is 46.6 Å². The van der Waals surface area contributed by atoms with Crippen molar-refractivity contribution in [3.63, 3.8) is 0 Å². The second-order valence-electron chi connectivity index (χ2n) is 3.48. The van der Waals surface area contributed by atoms with Crippen LogP contribution in [0.2, 0.25) is 5.02 Å². The Kier molecular flexibility index (Phi) is 3.39. The van der Waals surface area contributed by atoms with Gasteiger partial charge in [-0.3, -0.25) is 9.78 Å². The van der Waals surface area contributed by atoms with Crippen LogP contribution in [0.25, 0.3) is 0 Å². The molecule has 2 heterocycles. The van der Waals surface area contributed by atoms with E-state index in [0.717, 1.165) is 5.69 Å². The SMILES string of the molecule is Cc1cc(Cl)c(C(=O)NCc2ccon2)cn1. The summed E-state index contributed by atoms with van der Waals surface area (Å²) in [5, 5.41) is 6.74. The molecule has 0 saturated carbocycles. The molecule has 0 aromatic carbocycles. The van der Waals surface area contributed by atoms with Crippen LogP contribution < -0.4 is 5.32 Å². The summed E-state index contributed by atoms with van der Waals surface area (Å²) in [5.74, 6) is -0.287. The van der Waals surface area contributed by atoms with Gasteiger partial charge in [0.05, 0.1) is 17.1 Å². The van der Waals surface area contributed by atoms with Crippen LogP contribution in [-0.2, 0) is 6.54 Å². The Labute approximate surface area is 103 Å². The first-order valence-corrected chi connectivity index (χ1v) is 5.34. The number of pyridine rings is 1. The van der Waals surface area contributed by atoms with E-state index in [1.807, 2.05) is 6.92 Å². The summed E-state index contributed by atoms with van der Waals surface area (Å²) in [4.78, 5) is 15.8. The Bertz CT molecular complexity index is 526. The number of halogens is 1. The number of hydrogen-bond acceptors (Lipinski definition) is 4. The molecule has 1 N–H and O–H groups in total. The van der Waals surface area contributed by atoms with Crippen molar-refractivity contribution < 1.29 is 9.32 Å². The molecule has 17 heavy (non-hydrogen) atoms. The van der Waals surface area contributed by atoms with Crippen molar-refractivity contribution >= 4 is 17.5 Å². The molecule has 0 fully saturated rings. The zero-order valence-electron chi connectivity index (χ0n) is 9.11. The fourth-order valence-electron chi connectivity index (χ4n) is 1.29. The molecular formula is C11H10ClN3O2. The first-order valence-electron chi connectivity index (χ1n) is 4.96. The Balaban J connectivity index is 2.04. The van der Waals surface area contributed by atoms with Gasteiger partial charge in [0.15, 0.2) is 0 Å². The van der Waals surface area contributed by atoms with E-state index in [1.54, 1.807) is 12.1 Å². The van der Waals surface area contributed by atoms with Gasteiger partial charge in [0.2, 0.25) is 0 Å². The highest BCUT2D eigenvalue weighted by Gasteiger charge is 2.11. The number of rotatable bonds is 3. The highest BCUT2D eigenvalue weighted by molar-refractivity contribution is 6.33. The lowest BCUT2D eigenvalue weighted by Gasteiger charge is -2.05. The van der Waals surface area contributed by atoms with E-state index in [1.165, 1.54) is 12.5 Å². The van der Waals surface area contributed by atoms with Crippen molar-refractivity contribution in [1.29, 1.82) is 0 Å². The Morgan fingerprint density at radius 3 is 3.06 bits per heavy atom. The van der Waals surface area contributed by atoms with Gasteiger partial charge in [0.1, 0.15) is 12.0 Å². The van der Waals surface area contributed by atoms with Gasteiger partial charge in [-0.15, -0.1) is 0 Å². The van der Waals surface area contributed by atoms with Gasteiger partial charge in [-0.25, -0.2) is 0 Å². The number of hydrogen-bond donors (Lipinski definition) is 1. The molecular weight excluding hydrogens is 242 g/mol. The maximum Gasteiger partial charge on any atom is 0.254 e. The molecule has 0 aliphatic rings. The third-order valence-corrected chi connectivity index (χ3v) is 2.47. The van der Waals surface area contributed by atoms with E-state index in [4.69, 9.17) is 11.6 Å². The van der Waals surface area contributed by atoms with Crippen molar-refractivity contribution in [2.75, 3.05) is 0 Å². The minimum absolute atomic E-state index is 0.287. The van der Waals surface area contributed by atoms with E-state index in [2.05, 4.69) is 20.0 Å². The zero-order valence-corrected chi connectivity index (χ0v) is 9.86. The molecule has 6 heteroatoms. The topological polar surface area (TPSA) is 68.0 Å². The lowest BCUT2D eigenvalue weighted by molar-refractivity contribution is 0.0950. The molecule has 0 saturated heterocycles.